The number of nitrogens with zero attached hydrogens (tertiary/aromatic N) is 1. The number of esters is 1. The van der Waals surface area contributed by atoms with E-state index in [1.54, 1.807) is 0 Å². The van der Waals surface area contributed by atoms with E-state index in [0.29, 0.717) is 106 Å². The summed E-state index contributed by atoms with van der Waals surface area (Å²) in [5, 5.41) is 0. The average Bonchev–Trinajstić information content (AvgIpc) is 2.83. The maximum atomic E-state index is 10.8. The van der Waals surface area contributed by atoms with Crippen LogP contribution >= 0.6 is 0 Å². The van der Waals surface area contributed by atoms with Crippen LogP contribution in [0.15, 0.2) is 12.7 Å². The number of carbonyl (C=O) groups excluding carboxylic acids is 1. The lowest BCUT2D eigenvalue weighted by Crippen LogP contribution is -2.19. The molecule has 0 bridgehead atoms. The quantitative estimate of drug-likeness (QED) is 0.0856. The molecule has 0 aliphatic carbocycles. The SMILES string of the molecule is C=CC(=O)OCCOCCOCCOCCOCCOCCOCCOCCOCCN(C)C. The van der Waals surface area contributed by atoms with Gasteiger partial charge in [0.05, 0.1) is 106 Å². The van der Waals surface area contributed by atoms with Gasteiger partial charge in [-0.15, -0.1) is 0 Å². The molecule has 0 amide bonds. The Morgan fingerprint density at radius 3 is 1.06 bits per heavy atom. The van der Waals surface area contributed by atoms with E-state index in [9.17, 15) is 4.79 Å². The van der Waals surface area contributed by atoms with Crippen molar-refractivity contribution in [2.75, 3.05) is 133 Å². The normalized spacial score (nSPS) is 11.3. The van der Waals surface area contributed by atoms with Crippen LogP contribution in [0.5, 0.6) is 0 Å². The Balaban J connectivity index is 3.04. The summed E-state index contributed by atoms with van der Waals surface area (Å²) in [7, 11) is 4.03. The third-order valence-electron chi connectivity index (χ3n) is 3.93. The number of likely N-dealkylation sites (N-methyl/N-ethyl adjacent to an activating group) is 1. The molecule has 0 unspecified atom stereocenters. The molecule has 0 aliphatic rings. The molecule has 202 valence electrons. The van der Waals surface area contributed by atoms with E-state index in [4.69, 9.17) is 42.6 Å². The molecule has 11 heteroatoms. The van der Waals surface area contributed by atoms with Gasteiger partial charge in [-0.1, -0.05) is 6.58 Å². The van der Waals surface area contributed by atoms with Gasteiger partial charge in [-0.25, -0.2) is 4.79 Å². The third kappa shape index (κ3) is 28.9. The smallest absolute Gasteiger partial charge is 0.330 e. The average molecular weight is 496 g/mol. The molecule has 0 aromatic heterocycles. The van der Waals surface area contributed by atoms with E-state index in [1.165, 1.54) is 0 Å². The Labute approximate surface area is 204 Å². The molecule has 11 nitrogen and oxygen atoms in total. The van der Waals surface area contributed by atoms with E-state index < -0.39 is 5.97 Å². The molecule has 0 fully saturated rings. The van der Waals surface area contributed by atoms with Crippen molar-refractivity contribution in [2.24, 2.45) is 0 Å². The second kappa shape index (κ2) is 28.1. The van der Waals surface area contributed by atoms with Gasteiger partial charge < -0.3 is 47.5 Å². The molecule has 0 heterocycles. The van der Waals surface area contributed by atoms with Crippen molar-refractivity contribution in [1.29, 1.82) is 0 Å². The number of hydrogen-bond donors (Lipinski definition) is 0. The largest absolute Gasteiger partial charge is 0.460 e. The first-order valence-electron chi connectivity index (χ1n) is 11.7. The number of rotatable bonds is 28. The van der Waals surface area contributed by atoms with Gasteiger partial charge in [-0.3, -0.25) is 0 Å². The lowest BCUT2D eigenvalue weighted by molar-refractivity contribution is -0.139. The fraction of sp³-hybridized carbons (Fsp3) is 0.870. The van der Waals surface area contributed by atoms with Crippen molar-refractivity contribution in [3.8, 4) is 0 Å². The van der Waals surface area contributed by atoms with Crippen LogP contribution < -0.4 is 0 Å². The van der Waals surface area contributed by atoms with Crippen molar-refractivity contribution in [3.63, 3.8) is 0 Å². The number of carbonyl (C=O) groups is 1. The summed E-state index contributed by atoms with van der Waals surface area (Å²) in [4.78, 5) is 12.9. The van der Waals surface area contributed by atoms with Crippen molar-refractivity contribution in [2.45, 2.75) is 0 Å². The summed E-state index contributed by atoms with van der Waals surface area (Å²) in [6.07, 6.45) is 1.12. The molecule has 0 aromatic carbocycles. The lowest BCUT2D eigenvalue weighted by atomic mass is 10.6. The van der Waals surface area contributed by atoms with Gasteiger partial charge in [0.25, 0.3) is 0 Å². The minimum atomic E-state index is -0.454. The van der Waals surface area contributed by atoms with Crippen LogP contribution in [0.2, 0.25) is 0 Å². The fourth-order valence-electron chi connectivity index (χ4n) is 2.15. The summed E-state index contributed by atoms with van der Waals surface area (Å²) >= 11 is 0. The molecule has 0 rings (SSSR count). The highest BCUT2D eigenvalue weighted by molar-refractivity contribution is 5.81. The first kappa shape index (κ1) is 32.8. The van der Waals surface area contributed by atoms with E-state index >= 15 is 0 Å². The predicted octanol–water partition coefficient (Wildman–Crippen LogP) is 0.410. The van der Waals surface area contributed by atoms with Crippen molar-refractivity contribution < 1.29 is 47.4 Å². The molecule has 0 aromatic rings. The highest BCUT2D eigenvalue weighted by atomic mass is 16.6. The summed E-state index contributed by atoms with van der Waals surface area (Å²) in [6, 6.07) is 0. The Morgan fingerprint density at radius 2 is 0.794 bits per heavy atom. The van der Waals surface area contributed by atoms with E-state index in [2.05, 4.69) is 11.5 Å². The molecule has 34 heavy (non-hydrogen) atoms. The molecule has 0 atom stereocenters. The van der Waals surface area contributed by atoms with Gasteiger partial charge in [0.1, 0.15) is 6.61 Å². The zero-order valence-electron chi connectivity index (χ0n) is 21.0. The van der Waals surface area contributed by atoms with Crippen molar-refractivity contribution in [3.05, 3.63) is 12.7 Å². The molecular formula is C23H45NO10. The van der Waals surface area contributed by atoms with Gasteiger partial charge >= 0.3 is 5.97 Å². The Hall–Kier alpha value is -1.15. The van der Waals surface area contributed by atoms with Crippen LogP contribution in [-0.2, 0) is 47.4 Å². The molecule has 0 N–H and O–H groups in total. The van der Waals surface area contributed by atoms with Crippen LogP contribution in [0, 0.1) is 0 Å². The van der Waals surface area contributed by atoms with Crippen LogP contribution in [-0.4, -0.2) is 144 Å². The Morgan fingerprint density at radius 1 is 0.529 bits per heavy atom. The van der Waals surface area contributed by atoms with E-state index in [0.717, 1.165) is 12.6 Å². The summed E-state index contributed by atoms with van der Waals surface area (Å²) in [5.74, 6) is -0.454. The van der Waals surface area contributed by atoms with Crippen molar-refractivity contribution >= 4 is 5.97 Å². The number of hydrogen-bond acceptors (Lipinski definition) is 11. The van der Waals surface area contributed by atoms with E-state index in [1.807, 2.05) is 14.1 Å². The van der Waals surface area contributed by atoms with Gasteiger partial charge in [0.2, 0.25) is 0 Å². The Kier molecular flexibility index (Phi) is 27.1. The number of ether oxygens (including phenoxy) is 9. The maximum absolute atomic E-state index is 10.8. The van der Waals surface area contributed by atoms with Crippen LogP contribution in [0.3, 0.4) is 0 Å². The van der Waals surface area contributed by atoms with Gasteiger partial charge in [0.15, 0.2) is 0 Å². The topological polar surface area (TPSA) is 103 Å². The van der Waals surface area contributed by atoms with Crippen LogP contribution in [0.4, 0.5) is 0 Å². The van der Waals surface area contributed by atoms with Gasteiger partial charge in [-0.2, -0.15) is 0 Å². The molecule has 0 saturated carbocycles. The summed E-state index contributed by atoms with van der Waals surface area (Å²) in [6.45, 7) is 12.7. The van der Waals surface area contributed by atoms with Crippen LogP contribution in [0.25, 0.3) is 0 Å². The Bertz CT molecular complexity index is 440. The molecule has 0 spiro atoms. The monoisotopic (exact) mass is 495 g/mol. The highest BCUT2D eigenvalue weighted by Crippen LogP contribution is 1.86. The first-order valence-corrected chi connectivity index (χ1v) is 11.7. The highest BCUT2D eigenvalue weighted by Gasteiger charge is 1.97. The first-order chi connectivity index (χ1) is 16.7. The maximum Gasteiger partial charge on any atom is 0.330 e. The third-order valence-corrected chi connectivity index (χ3v) is 3.93. The molecule has 0 aliphatic heterocycles. The van der Waals surface area contributed by atoms with Gasteiger partial charge in [0, 0.05) is 12.6 Å². The van der Waals surface area contributed by atoms with E-state index in [-0.39, 0.29) is 6.61 Å². The lowest BCUT2D eigenvalue weighted by Gasteiger charge is -2.10. The molecule has 0 radical (unpaired) electrons. The van der Waals surface area contributed by atoms with Crippen molar-refractivity contribution in [1.82, 2.24) is 4.90 Å². The minimum absolute atomic E-state index is 0.205. The zero-order valence-corrected chi connectivity index (χ0v) is 21.0. The standard InChI is InChI=1S/C23H45NO10/c1-4-23(25)34-22-21-33-20-19-32-18-17-31-16-15-30-14-13-29-12-11-28-10-9-27-8-7-26-6-5-24(2)3/h4H,1,5-22H2,2-3H3. The second-order valence-electron chi connectivity index (χ2n) is 7.07. The summed E-state index contributed by atoms with van der Waals surface area (Å²) in [5.41, 5.74) is 0. The zero-order chi connectivity index (χ0) is 25.0. The molecule has 0 saturated heterocycles. The summed E-state index contributed by atoms with van der Waals surface area (Å²) < 4.78 is 47.9. The van der Waals surface area contributed by atoms with Crippen LogP contribution in [0.1, 0.15) is 0 Å². The predicted molar refractivity (Wildman–Crippen MR) is 126 cm³/mol. The fourth-order valence-corrected chi connectivity index (χ4v) is 2.15. The van der Waals surface area contributed by atoms with Gasteiger partial charge in [-0.05, 0) is 14.1 Å². The second-order valence-corrected chi connectivity index (χ2v) is 7.07. The molecular weight excluding hydrogens is 450 g/mol. The minimum Gasteiger partial charge on any atom is -0.460 e.